The molecule has 0 spiro atoms. The van der Waals surface area contributed by atoms with E-state index in [9.17, 15) is 14.0 Å². The van der Waals surface area contributed by atoms with E-state index in [4.69, 9.17) is 0 Å². The Labute approximate surface area is 129 Å². The SMILES string of the molecule is CCN1CCC[C@H]1CNC(=O)C(=O)Nc1cc(F)ccc1C. The summed E-state index contributed by atoms with van der Waals surface area (Å²) in [6, 6.07) is 4.36. The number of anilines is 1. The summed E-state index contributed by atoms with van der Waals surface area (Å²) < 4.78 is 13.2. The molecule has 2 N–H and O–H groups in total. The van der Waals surface area contributed by atoms with Crippen LogP contribution in [0.25, 0.3) is 0 Å². The maximum Gasteiger partial charge on any atom is 0.313 e. The molecular formula is C16H22FN3O2. The van der Waals surface area contributed by atoms with Crippen molar-refractivity contribution in [2.24, 2.45) is 0 Å². The molecule has 6 heteroatoms. The third kappa shape index (κ3) is 4.04. The monoisotopic (exact) mass is 307 g/mol. The lowest BCUT2D eigenvalue weighted by molar-refractivity contribution is -0.136. The topological polar surface area (TPSA) is 61.4 Å². The fourth-order valence-corrected chi connectivity index (χ4v) is 2.74. The van der Waals surface area contributed by atoms with Crippen molar-refractivity contribution in [1.29, 1.82) is 0 Å². The summed E-state index contributed by atoms with van der Waals surface area (Å²) in [6.45, 7) is 6.26. The van der Waals surface area contributed by atoms with E-state index in [-0.39, 0.29) is 6.04 Å². The molecule has 1 aromatic rings. The number of nitrogens with zero attached hydrogens (tertiary/aromatic N) is 1. The fraction of sp³-hybridized carbons (Fsp3) is 0.500. The van der Waals surface area contributed by atoms with Crippen molar-refractivity contribution >= 4 is 17.5 Å². The highest BCUT2D eigenvalue weighted by Gasteiger charge is 2.24. The molecule has 5 nitrogen and oxygen atoms in total. The highest BCUT2D eigenvalue weighted by molar-refractivity contribution is 6.39. The zero-order valence-electron chi connectivity index (χ0n) is 13.0. The van der Waals surface area contributed by atoms with E-state index < -0.39 is 17.6 Å². The van der Waals surface area contributed by atoms with Gasteiger partial charge in [-0.15, -0.1) is 0 Å². The molecule has 1 heterocycles. The molecule has 1 atom stereocenters. The first-order chi connectivity index (χ1) is 10.5. The molecule has 120 valence electrons. The van der Waals surface area contributed by atoms with Crippen molar-refractivity contribution < 1.29 is 14.0 Å². The van der Waals surface area contributed by atoms with E-state index >= 15 is 0 Å². The fourth-order valence-electron chi connectivity index (χ4n) is 2.74. The first kappa shape index (κ1) is 16.4. The summed E-state index contributed by atoms with van der Waals surface area (Å²) in [6.07, 6.45) is 2.14. The summed E-state index contributed by atoms with van der Waals surface area (Å²) in [7, 11) is 0. The first-order valence-electron chi connectivity index (χ1n) is 7.60. The maximum atomic E-state index is 13.2. The molecule has 0 bridgehead atoms. The van der Waals surface area contributed by atoms with E-state index in [1.54, 1.807) is 13.0 Å². The largest absolute Gasteiger partial charge is 0.346 e. The van der Waals surface area contributed by atoms with Crippen molar-refractivity contribution in [3.63, 3.8) is 0 Å². The summed E-state index contributed by atoms with van der Waals surface area (Å²) in [5.74, 6) is -1.91. The zero-order chi connectivity index (χ0) is 16.1. The van der Waals surface area contributed by atoms with Gasteiger partial charge in [0, 0.05) is 18.3 Å². The number of amides is 2. The predicted molar refractivity (Wildman–Crippen MR) is 83.0 cm³/mol. The maximum absolute atomic E-state index is 13.2. The molecule has 0 radical (unpaired) electrons. The molecule has 22 heavy (non-hydrogen) atoms. The minimum Gasteiger partial charge on any atom is -0.346 e. The van der Waals surface area contributed by atoms with E-state index in [0.717, 1.165) is 25.9 Å². The first-order valence-corrected chi connectivity index (χ1v) is 7.60. The molecule has 1 aromatic carbocycles. The van der Waals surface area contributed by atoms with Crippen LogP contribution < -0.4 is 10.6 Å². The Morgan fingerprint density at radius 3 is 2.86 bits per heavy atom. The van der Waals surface area contributed by atoms with E-state index in [2.05, 4.69) is 22.5 Å². The van der Waals surface area contributed by atoms with Crippen molar-refractivity contribution in [2.45, 2.75) is 32.7 Å². The quantitative estimate of drug-likeness (QED) is 0.832. The van der Waals surface area contributed by atoms with E-state index in [0.29, 0.717) is 17.8 Å². The van der Waals surface area contributed by atoms with Crippen molar-refractivity contribution in [1.82, 2.24) is 10.2 Å². The Morgan fingerprint density at radius 2 is 2.14 bits per heavy atom. The van der Waals surface area contributed by atoms with E-state index in [1.165, 1.54) is 12.1 Å². The van der Waals surface area contributed by atoms with Gasteiger partial charge in [0.1, 0.15) is 5.82 Å². The molecular weight excluding hydrogens is 285 g/mol. The molecule has 1 fully saturated rings. The standard InChI is InChI=1S/C16H22FN3O2/c1-3-20-8-4-5-13(20)10-18-15(21)16(22)19-14-9-12(17)7-6-11(14)2/h6-7,9,13H,3-5,8,10H2,1-2H3,(H,18,21)(H,19,22)/t13-/m0/s1. The lowest BCUT2D eigenvalue weighted by Gasteiger charge is -2.22. The number of aryl methyl sites for hydroxylation is 1. The molecule has 0 unspecified atom stereocenters. The number of carbonyl (C=O) groups is 2. The lowest BCUT2D eigenvalue weighted by atomic mass is 10.2. The Bertz CT molecular complexity index is 562. The van der Waals surface area contributed by atoms with E-state index in [1.807, 2.05) is 0 Å². The minimum atomic E-state index is -0.769. The summed E-state index contributed by atoms with van der Waals surface area (Å²) >= 11 is 0. The number of hydrogen-bond acceptors (Lipinski definition) is 3. The van der Waals surface area contributed by atoms with Crippen LogP contribution in [0.2, 0.25) is 0 Å². The molecule has 2 rings (SSSR count). The third-order valence-electron chi connectivity index (χ3n) is 4.06. The Hall–Kier alpha value is -1.95. The molecule has 0 saturated carbocycles. The number of hydrogen-bond donors (Lipinski definition) is 2. The number of likely N-dealkylation sites (N-methyl/N-ethyl adjacent to an activating group) is 1. The number of carbonyl (C=O) groups excluding carboxylic acids is 2. The Balaban J connectivity index is 1.87. The van der Waals surface area contributed by atoms with Gasteiger partial charge in [-0.3, -0.25) is 14.5 Å². The number of rotatable bonds is 4. The average molecular weight is 307 g/mol. The second kappa shape index (κ2) is 7.35. The van der Waals surface area contributed by atoms with Gasteiger partial charge in [-0.1, -0.05) is 13.0 Å². The second-order valence-corrected chi connectivity index (χ2v) is 5.55. The van der Waals surface area contributed by atoms with Crippen molar-refractivity contribution in [2.75, 3.05) is 25.0 Å². The summed E-state index contributed by atoms with van der Waals surface area (Å²) in [4.78, 5) is 26.0. The number of benzene rings is 1. The number of halogens is 1. The van der Waals surface area contributed by atoms with Gasteiger partial charge >= 0.3 is 11.8 Å². The highest BCUT2D eigenvalue weighted by atomic mass is 19.1. The molecule has 1 aliphatic rings. The van der Waals surface area contributed by atoms with Gasteiger partial charge in [-0.25, -0.2) is 4.39 Å². The highest BCUT2D eigenvalue weighted by Crippen LogP contribution is 2.16. The Kier molecular flexibility index (Phi) is 5.49. The van der Waals surface area contributed by atoms with Gasteiger partial charge in [-0.2, -0.15) is 0 Å². The van der Waals surface area contributed by atoms with Crippen LogP contribution in [0.1, 0.15) is 25.3 Å². The average Bonchev–Trinajstić information content (AvgIpc) is 2.95. The van der Waals surface area contributed by atoms with Gasteiger partial charge in [0.2, 0.25) is 0 Å². The van der Waals surface area contributed by atoms with Crippen LogP contribution in [0.4, 0.5) is 10.1 Å². The zero-order valence-corrected chi connectivity index (χ0v) is 13.0. The minimum absolute atomic E-state index is 0.289. The van der Waals surface area contributed by atoms with Gasteiger partial charge in [0.05, 0.1) is 0 Å². The van der Waals surface area contributed by atoms with Crippen LogP contribution in [0, 0.1) is 12.7 Å². The summed E-state index contributed by atoms with van der Waals surface area (Å²) in [5.41, 5.74) is 1.02. The van der Waals surface area contributed by atoms with Crippen LogP contribution in [0.5, 0.6) is 0 Å². The molecule has 1 aliphatic heterocycles. The summed E-state index contributed by atoms with van der Waals surface area (Å²) in [5, 5.41) is 5.10. The van der Waals surface area contributed by atoms with Crippen LogP contribution in [-0.4, -0.2) is 42.4 Å². The van der Waals surface area contributed by atoms with Crippen LogP contribution in [0.15, 0.2) is 18.2 Å². The second-order valence-electron chi connectivity index (χ2n) is 5.55. The molecule has 1 saturated heterocycles. The van der Waals surface area contributed by atoms with Crippen molar-refractivity contribution in [3.8, 4) is 0 Å². The molecule has 0 aliphatic carbocycles. The smallest absolute Gasteiger partial charge is 0.313 e. The predicted octanol–water partition coefficient (Wildman–Crippen LogP) is 1.67. The lowest BCUT2D eigenvalue weighted by Crippen LogP contribution is -2.43. The third-order valence-corrected chi connectivity index (χ3v) is 4.06. The van der Waals surface area contributed by atoms with Crippen molar-refractivity contribution in [3.05, 3.63) is 29.6 Å². The van der Waals surface area contributed by atoms with Gasteiger partial charge < -0.3 is 10.6 Å². The van der Waals surface area contributed by atoms with Gasteiger partial charge in [-0.05, 0) is 50.6 Å². The number of likely N-dealkylation sites (tertiary alicyclic amines) is 1. The number of nitrogens with one attached hydrogen (secondary N) is 2. The molecule has 2 amide bonds. The van der Waals surface area contributed by atoms with Crippen LogP contribution in [0.3, 0.4) is 0 Å². The van der Waals surface area contributed by atoms with Crippen LogP contribution in [-0.2, 0) is 9.59 Å². The molecule has 0 aromatic heterocycles. The van der Waals surface area contributed by atoms with Gasteiger partial charge in [0.25, 0.3) is 0 Å². The van der Waals surface area contributed by atoms with Gasteiger partial charge in [0.15, 0.2) is 0 Å². The normalized spacial score (nSPS) is 18.2. The van der Waals surface area contributed by atoms with Crippen LogP contribution >= 0.6 is 0 Å². The Morgan fingerprint density at radius 1 is 1.36 bits per heavy atom.